The first-order valence-corrected chi connectivity index (χ1v) is 9.29. The molecule has 0 amide bonds. The van der Waals surface area contributed by atoms with E-state index < -0.39 is 5.41 Å². The average molecular weight is 337 g/mol. The average Bonchev–Trinajstić information content (AvgIpc) is 2.68. The van der Waals surface area contributed by atoms with E-state index in [9.17, 15) is 4.79 Å². The number of esters is 1. The van der Waals surface area contributed by atoms with Crippen molar-refractivity contribution in [2.24, 2.45) is 0 Å². The van der Waals surface area contributed by atoms with Crippen LogP contribution in [0.1, 0.15) is 43.7 Å². The molecule has 1 atom stereocenters. The van der Waals surface area contributed by atoms with Gasteiger partial charge in [-0.1, -0.05) is 67.1 Å². The lowest BCUT2D eigenvalue weighted by Gasteiger charge is -2.37. The fourth-order valence-corrected chi connectivity index (χ4v) is 3.89. The van der Waals surface area contributed by atoms with Gasteiger partial charge in [-0.05, 0) is 43.9 Å². The fourth-order valence-electron chi connectivity index (χ4n) is 3.89. The molecule has 1 aliphatic heterocycles. The van der Waals surface area contributed by atoms with Crippen molar-refractivity contribution >= 4 is 5.97 Å². The number of nitrogens with one attached hydrogen (secondary N) is 1. The van der Waals surface area contributed by atoms with Crippen molar-refractivity contribution in [2.75, 3.05) is 13.2 Å². The van der Waals surface area contributed by atoms with Crippen LogP contribution in [0.15, 0.2) is 60.7 Å². The molecule has 1 heterocycles. The van der Waals surface area contributed by atoms with Gasteiger partial charge in [0.1, 0.15) is 5.41 Å². The number of benzene rings is 2. The Morgan fingerprint density at radius 1 is 1.04 bits per heavy atom. The van der Waals surface area contributed by atoms with E-state index in [1.165, 1.54) is 12.8 Å². The minimum absolute atomic E-state index is 0.153. The molecule has 2 aromatic rings. The number of piperidine rings is 1. The summed E-state index contributed by atoms with van der Waals surface area (Å²) in [6, 6.07) is 20.5. The van der Waals surface area contributed by atoms with Crippen molar-refractivity contribution in [1.29, 1.82) is 0 Å². The molecule has 0 aliphatic carbocycles. The summed E-state index contributed by atoms with van der Waals surface area (Å²) in [4.78, 5) is 13.3. The molecule has 3 rings (SSSR count). The maximum Gasteiger partial charge on any atom is 0.321 e. The molecule has 0 bridgehead atoms. The third-order valence-corrected chi connectivity index (χ3v) is 5.12. The normalized spacial score (nSPS) is 17.9. The predicted octanol–water partition coefficient (Wildman–Crippen LogP) is 4.07. The van der Waals surface area contributed by atoms with Gasteiger partial charge in [0.15, 0.2) is 0 Å². The Labute approximate surface area is 150 Å². The van der Waals surface area contributed by atoms with Gasteiger partial charge in [-0.2, -0.15) is 0 Å². The number of rotatable bonds is 6. The molecule has 0 saturated carbocycles. The highest BCUT2D eigenvalue weighted by Crippen LogP contribution is 2.39. The largest absolute Gasteiger partial charge is 0.465 e. The summed E-state index contributed by atoms with van der Waals surface area (Å²) in [7, 11) is 0. The van der Waals surface area contributed by atoms with Crippen LogP contribution in [0.5, 0.6) is 0 Å². The SMILES string of the molecule is CCOC(=O)C(CC1CCCCN1)(c1ccccc1)c1ccccc1. The molecule has 1 N–H and O–H groups in total. The molecule has 1 saturated heterocycles. The second-order valence-electron chi connectivity index (χ2n) is 6.71. The van der Waals surface area contributed by atoms with Crippen LogP contribution in [0, 0.1) is 0 Å². The van der Waals surface area contributed by atoms with Crippen molar-refractivity contribution in [3.8, 4) is 0 Å². The molecule has 132 valence electrons. The van der Waals surface area contributed by atoms with Gasteiger partial charge >= 0.3 is 5.97 Å². The summed E-state index contributed by atoms with van der Waals surface area (Å²) in [6.07, 6.45) is 4.24. The number of carbonyl (C=O) groups excluding carboxylic acids is 1. The third kappa shape index (κ3) is 3.77. The van der Waals surface area contributed by atoms with Crippen LogP contribution >= 0.6 is 0 Å². The summed E-state index contributed by atoms with van der Waals surface area (Å²) >= 11 is 0. The minimum Gasteiger partial charge on any atom is -0.465 e. The highest BCUT2D eigenvalue weighted by molar-refractivity contribution is 5.87. The van der Waals surface area contributed by atoms with Crippen molar-refractivity contribution in [1.82, 2.24) is 5.32 Å². The van der Waals surface area contributed by atoms with E-state index in [0.29, 0.717) is 12.6 Å². The Bertz CT molecular complexity index is 623. The van der Waals surface area contributed by atoms with Gasteiger partial charge in [0.25, 0.3) is 0 Å². The smallest absolute Gasteiger partial charge is 0.321 e. The fraction of sp³-hybridized carbons (Fsp3) is 0.409. The third-order valence-electron chi connectivity index (χ3n) is 5.12. The van der Waals surface area contributed by atoms with Gasteiger partial charge < -0.3 is 10.1 Å². The molecule has 25 heavy (non-hydrogen) atoms. The van der Waals surface area contributed by atoms with Crippen LogP contribution in [0.3, 0.4) is 0 Å². The highest BCUT2D eigenvalue weighted by Gasteiger charge is 2.45. The zero-order valence-electron chi connectivity index (χ0n) is 14.9. The van der Waals surface area contributed by atoms with Gasteiger partial charge in [-0.15, -0.1) is 0 Å². The molecule has 1 fully saturated rings. The van der Waals surface area contributed by atoms with E-state index in [1.54, 1.807) is 0 Å². The lowest BCUT2D eigenvalue weighted by Crippen LogP contribution is -2.46. The monoisotopic (exact) mass is 337 g/mol. The van der Waals surface area contributed by atoms with Gasteiger partial charge in [0.2, 0.25) is 0 Å². The number of carbonyl (C=O) groups is 1. The van der Waals surface area contributed by atoms with E-state index in [-0.39, 0.29) is 5.97 Å². The van der Waals surface area contributed by atoms with E-state index in [4.69, 9.17) is 4.74 Å². The van der Waals surface area contributed by atoms with Gasteiger partial charge in [-0.3, -0.25) is 4.79 Å². The lowest BCUT2D eigenvalue weighted by atomic mass is 9.69. The first kappa shape index (κ1) is 17.7. The Morgan fingerprint density at radius 3 is 2.12 bits per heavy atom. The zero-order valence-corrected chi connectivity index (χ0v) is 14.9. The van der Waals surface area contributed by atoms with Crippen LogP contribution in [0.2, 0.25) is 0 Å². The first-order chi connectivity index (χ1) is 12.3. The van der Waals surface area contributed by atoms with Crippen molar-refractivity contribution in [2.45, 2.75) is 44.1 Å². The van der Waals surface area contributed by atoms with E-state index in [2.05, 4.69) is 5.32 Å². The van der Waals surface area contributed by atoms with Crippen LogP contribution in [-0.4, -0.2) is 25.2 Å². The molecule has 0 aromatic heterocycles. The van der Waals surface area contributed by atoms with Crippen LogP contribution < -0.4 is 5.32 Å². The maximum atomic E-state index is 13.3. The second kappa shape index (κ2) is 8.30. The molecule has 2 aromatic carbocycles. The second-order valence-corrected chi connectivity index (χ2v) is 6.71. The molecule has 3 heteroatoms. The van der Waals surface area contributed by atoms with E-state index in [0.717, 1.165) is 30.5 Å². The standard InChI is InChI=1S/C22H27NO2/c1-2-25-21(24)22(18-11-5-3-6-12-18,19-13-7-4-8-14-19)17-20-15-9-10-16-23-20/h3-8,11-14,20,23H,2,9-10,15-17H2,1H3. The first-order valence-electron chi connectivity index (χ1n) is 9.29. The lowest BCUT2D eigenvalue weighted by molar-refractivity contribution is -0.149. The summed E-state index contributed by atoms with van der Waals surface area (Å²) in [6.45, 7) is 3.28. The summed E-state index contributed by atoms with van der Waals surface area (Å²) < 4.78 is 5.59. The highest BCUT2D eigenvalue weighted by atomic mass is 16.5. The van der Waals surface area contributed by atoms with E-state index in [1.807, 2.05) is 67.6 Å². The van der Waals surface area contributed by atoms with Crippen molar-refractivity contribution in [3.05, 3.63) is 71.8 Å². The van der Waals surface area contributed by atoms with Crippen molar-refractivity contribution in [3.63, 3.8) is 0 Å². The summed E-state index contributed by atoms with van der Waals surface area (Å²) in [5.41, 5.74) is 1.24. The van der Waals surface area contributed by atoms with E-state index >= 15 is 0 Å². The van der Waals surface area contributed by atoms with Gasteiger partial charge in [0, 0.05) is 6.04 Å². The Hall–Kier alpha value is -2.13. The summed E-state index contributed by atoms with van der Waals surface area (Å²) in [5.74, 6) is -0.153. The van der Waals surface area contributed by atoms with Crippen LogP contribution in [0.4, 0.5) is 0 Å². The quantitative estimate of drug-likeness (QED) is 0.808. The molecule has 1 aliphatic rings. The number of hydrogen-bond acceptors (Lipinski definition) is 3. The van der Waals surface area contributed by atoms with Gasteiger partial charge in [0.05, 0.1) is 6.61 Å². The van der Waals surface area contributed by atoms with Crippen LogP contribution in [0.25, 0.3) is 0 Å². The van der Waals surface area contributed by atoms with Crippen molar-refractivity contribution < 1.29 is 9.53 Å². The molecular formula is C22H27NO2. The predicted molar refractivity (Wildman–Crippen MR) is 101 cm³/mol. The maximum absolute atomic E-state index is 13.3. The topological polar surface area (TPSA) is 38.3 Å². The molecule has 1 unspecified atom stereocenters. The molecule has 0 spiro atoms. The Balaban J connectivity index is 2.10. The minimum atomic E-state index is -0.770. The molecular weight excluding hydrogens is 310 g/mol. The molecule has 0 radical (unpaired) electrons. The summed E-state index contributed by atoms with van der Waals surface area (Å²) in [5, 5.41) is 3.60. The number of ether oxygens (including phenoxy) is 1. The number of hydrogen-bond donors (Lipinski definition) is 1. The molecule has 3 nitrogen and oxygen atoms in total. The van der Waals surface area contributed by atoms with Gasteiger partial charge in [-0.25, -0.2) is 0 Å². The Morgan fingerprint density at radius 2 is 1.64 bits per heavy atom. The Kier molecular flexibility index (Phi) is 5.87. The zero-order chi connectivity index (χ0) is 17.5. The van der Waals surface area contributed by atoms with Crippen LogP contribution in [-0.2, 0) is 14.9 Å².